The van der Waals surface area contributed by atoms with Gasteiger partial charge in [0, 0.05) is 13.1 Å². The maximum atomic E-state index is 13.0. The summed E-state index contributed by atoms with van der Waals surface area (Å²) in [5.74, 6) is -1.33. The first kappa shape index (κ1) is 19.7. The summed E-state index contributed by atoms with van der Waals surface area (Å²) < 4.78 is 5.74. The van der Waals surface area contributed by atoms with Gasteiger partial charge in [0.2, 0.25) is 0 Å². The molecule has 1 aromatic heterocycles. The lowest BCUT2D eigenvalue weighted by Gasteiger charge is -2.25. The number of amides is 2. The van der Waals surface area contributed by atoms with Crippen LogP contribution in [0.15, 0.2) is 62.7 Å². The molecule has 0 radical (unpaired) electrons. The van der Waals surface area contributed by atoms with Crippen LogP contribution in [0.25, 0.3) is 11.0 Å². The van der Waals surface area contributed by atoms with Crippen molar-refractivity contribution in [2.75, 3.05) is 12.1 Å². The number of aryl methyl sites for hydroxylation is 2. The Kier molecular flexibility index (Phi) is 4.83. The average molecular weight is 403 g/mol. The Bertz CT molecular complexity index is 1260. The van der Waals surface area contributed by atoms with Crippen molar-refractivity contribution in [2.45, 2.75) is 26.8 Å². The molecule has 2 amide bonds. The molecule has 0 aliphatic carbocycles. The summed E-state index contributed by atoms with van der Waals surface area (Å²) in [4.78, 5) is 42.3. The lowest BCUT2D eigenvalue weighted by atomic mass is 10.1. The molecule has 0 saturated carbocycles. The predicted molar refractivity (Wildman–Crippen MR) is 115 cm³/mol. The van der Waals surface area contributed by atoms with Crippen LogP contribution in [0.1, 0.15) is 28.6 Å². The summed E-state index contributed by atoms with van der Waals surface area (Å²) in [7, 11) is 1.75. The molecule has 7 nitrogen and oxygen atoms in total. The zero-order valence-electron chi connectivity index (χ0n) is 17.2. The number of hydrogen-bond acceptors (Lipinski definition) is 5. The molecule has 1 aliphatic rings. The van der Waals surface area contributed by atoms with Crippen LogP contribution in [0.4, 0.5) is 5.69 Å². The van der Waals surface area contributed by atoms with E-state index in [4.69, 9.17) is 4.42 Å². The number of rotatable bonds is 2. The molecule has 3 aromatic rings. The number of aliphatic imine (C=N–C) groups is 1. The molecule has 0 bridgehead atoms. The molecule has 7 heteroatoms. The molecule has 0 spiro atoms. The zero-order valence-corrected chi connectivity index (χ0v) is 17.2. The fourth-order valence-electron chi connectivity index (χ4n) is 3.51. The molecular weight excluding hydrogens is 382 g/mol. The third-order valence-corrected chi connectivity index (χ3v) is 5.53. The van der Waals surface area contributed by atoms with Crippen molar-refractivity contribution in [1.29, 1.82) is 0 Å². The van der Waals surface area contributed by atoms with Crippen LogP contribution in [0.5, 0.6) is 0 Å². The van der Waals surface area contributed by atoms with Crippen LogP contribution in [0, 0.1) is 13.8 Å². The molecule has 30 heavy (non-hydrogen) atoms. The van der Waals surface area contributed by atoms with Gasteiger partial charge in [-0.25, -0.2) is 15.0 Å². The number of fused-ring (bicyclic) bond motifs is 1. The number of carbonyl (C=O) groups excluding carboxylic acids is 2. The van der Waals surface area contributed by atoms with Gasteiger partial charge in [0.1, 0.15) is 11.3 Å². The maximum absolute atomic E-state index is 13.0. The minimum Gasteiger partial charge on any atom is -0.450 e. The van der Waals surface area contributed by atoms with Crippen LogP contribution in [0.2, 0.25) is 0 Å². The Morgan fingerprint density at radius 1 is 1.07 bits per heavy atom. The summed E-state index contributed by atoms with van der Waals surface area (Å²) in [6.07, 6.45) is 0. The van der Waals surface area contributed by atoms with Crippen molar-refractivity contribution in [2.24, 2.45) is 4.99 Å². The fourth-order valence-corrected chi connectivity index (χ4v) is 3.51. The standard InChI is InChI=1S/C23H21N3O4/c1-13-10-11-17-18(27)12-19(30-21(17)14(13)2)22(28)24-20-15(3)25(4)26(23(20)29)16-8-6-5-7-9-16/h5-12,15H,1-4H3. The Hall–Kier alpha value is -3.58. The average Bonchev–Trinajstić information content (AvgIpc) is 2.94. The topological polar surface area (TPSA) is 83.2 Å². The largest absolute Gasteiger partial charge is 0.450 e. The fraction of sp³-hybridized carbons (Fsp3) is 0.217. The number of anilines is 1. The molecule has 1 saturated heterocycles. The van der Waals surface area contributed by atoms with Gasteiger partial charge < -0.3 is 4.42 Å². The summed E-state index contributed by atoms with van der Waals surface area (Å²) >= 11 is 0. The van der Waals surface area contributed by atoms with Gasteiger partial charge in [0.15, 0.2) is 11.2 Å². The number of hydrazine groups is 1. The van der Waals surface area contributed by atoms with Gasteiger partial charge in [-0.1, -0.05) is 24.3 Å². The van der Waals surface area contributed by atoms with Crippen molar-refractivity contribution in [1.82, 2.24) is 5.01 Å². The second-order valence-corrected chi connectivity index (χ2v) is 7.36. The van der Waals surface area contributed by atoms with Gasteiger partial charge in [-0.15, -0.1) is 0 Å². The summed E-state index contributed by atoms with van der Waals surface area (Å²) in [6, 6.07) is 13.4. The molecular formula is C23H21N3O4. The van der Waals surface area contributed by atoms with Gasteiger partial charge in [-0.3, -0.25) is 14.4 Å². The lowest BCUT2D eigenvalue weighted by Crippen LogP contribution is -2.38. The van der Waals surface area contributed by atoms with Crippen molar-refractivity contribution in [3.63, 3.8) is 0 Å². The molecule has 0 N–H and O–H groups in total. The molecule has 2 aromatic carbocycles. The van der Waals surface area contributed by atoms with E-state index in [1.165, 1.54) is 5.01 Å². The third-order valence-electron chi connectivity index (χ3n) is 5.53. The van der Waals surface area contributed by atoms with E-state index < -0.39 is 11.9 Å². The first-order chi connectivity index (χ1) is 14.3. The Morgan fingerprint density at radius 3 is 2.47 bits per heavy atom. The quantitative estimate of drug-likeness (QED) is 0.656. The van der Waals surface area contributed by atoms with E-state index in [1.807, 2.05) is 38.1 Å². The smallest absolute Gasteiger partial charge is 0.313 e. The van der Waals surface area contributed by atoms with Crippen LogP contribution in [-0.2, 0) is 4.79 Å². The molecule has 2 heterocycles. The Morgan fingerprint density at radius 2 is 1.77 bits per heavy atom. The van der Waals surface area contributed by atoms with E-state index in [0.29, 0.717) is 16.7 Å². The summed E-state index contributed by atoms with van der Waals surface area (Å²) in [5.41, 5.74) is 2.54. The molecule has 152 valence electrons. The van der Waals surface area contributed by atoms with Crippen molar-refractivity contribution < 1.29 is 14.0 Å². The van der Waals surface area contributed by atoms with E-state index in [1.54, 1.807) is 37.2 Å². The van der Waals surface area contributed by atoms with Crippen molar-refractivity contribution in [3.8, 4) is 0 Å². The van der Waals surface area contributed by atoms with Gasteiger partial charge >= 0.3 is 5.91 Å². The number of hydrogen-bond donors (Lipinski definition) is 0. The summed E-state index contributed by atoms with van der Waals surface area (Å²) in [5, 5.41) is 3.59. The minimum atomic E-state index is -0.756. The number of carbonyl (C=O) groups is 2. The van der Waals surface area contributed by atoms with Gasteiger partial charge in [-0.2, -0.15) is 0 Å². The molecule has 1 unspecified atom stereocenters. The highest BCUT2D eigenvalue weighted by Crippen LogP contribution is 2.25. The maximum Gasteiger partial charge on any atom is 0.313 e. The second kappa shape index (κ2) is 7.35. The van der Waals surface area contributed by atoms with Crippen LogP contribution in [0.3, 0.4) is 0 Å². The first-order valence-electron chi connectivity index (χ1n) is 9.59. The van der Waals surface area contributed by atoms with Crippen molar-refractivity contribution >= 4 is 34.2 Å². The van der Waals surface area contributed by atoms with E-state index >= 15 is 0 Å². The number of para-hydroxylation sites is 1. The van der Waals surface area contributed by atoms with Crippen molar-refractivity contribution in [3.05, 3.63) is 75.6 Å². The number of nitrogens with zero attached hydrogens (tertiary/aromatic N) is 3. The minimum absolute atomic E-state index is 0.0927. The predicted octanol–water partition coefficient (Wildman–Crippen LogP) is 3.27. The zero-order chi connectivity index (χ0) is 21.6. The molecule has 4 rings (SSSR count). The van der Waals surface area contributed by atoms with E-state index in [2.05, 4.69) is 4.99 Å². The molecule has 1 aliphatic heterocycles. The lowest BCUT2D eigenvalue weighted by molar-refractivity contribution is -0.113. The third kappa shape index (κ3) is 3.13. The Balaban J connectivity index is 1.75. The van der Waals surface area contributed by atoms with E-state index in [0.717, 1.165) is 17.2 Å². The van der Waals surface area contributed by atoms with Gasteiger partial charge in [-0.05, 0) is 50.1 Å². The van der Waals surface area contributed by atoms with Gasteiger partial charge in [0.25, 0.3) is 5.91 Å². The van der Waals surface area contributed by atoms with Crippen LogP contribution < -0.4 is 10.4 Å². The SMILES string of the molecule is Cc1ccc2c(=O)cc(C(=O)N=C3C(=O)N(c4ccccc4)N(C)C3C)oc2c1C. The van der Waals surface area contributed by atoms with Crippen LogP contribution in [-0.4, -0.2) is 35.6 Å². The second-order valence-electron chi connectivity index (χ2n) is 7.36. The monoisotopic (exact) mass is 403 g/mol. The number of benzene rings is 2. The highest BCUT2D eigenvalue weighted by molar-refractivity contribution is 6.48. The van der Waals surface area contributed by atoms with E-state index in [-0.39, 0.29) is 22.8 Å². The normalized spacial score (nSPS) is 18.5. The summed E-state index contributed by atoms with van der Waals surface area (Å²) in [6.45, 7) is 5.52. The Labute approximate surface area is 173 Å². The molecule has 1 atom stereocenters. The van der Waals surface area contributed by atoms with Crippen LogP contribution >= 0.6 is 0 Å². The van der Waals surface area contributed by atoms with E-state index in [9.17, 15) is 14.4 Å². The van der Waals surface area contributed by atoms with Gasteiger partial charge in [0.05, 0.1) is 17.1 Å². The highest BCUT2D eigenvalue weighted by Gasteiger charge is 2.40. The molecule has 1 fully saturated rings. The first-order valence-corrected chi connectivity index (χ1v) is 9.59. The highest BCUT2D eigenvalue weighted by atomic mass is 16.3.